The highest BCUT2D eigenvalue weighted by molar-refractivity contribution is 4.91. The van der Waals surface area contributed by atoms with E-state index in [9.17, 15) is 0 Å². The van der Waals surface area contributed by atoms with Gasteiger partial charge in [-0.05, 0) is 12.3 Å². The van der Waals surface area contributed by atoms with Crippen LogP contribution in [-0.2, 0) is 0 Å². The smallest absolute Gasteiger partial charge is 0.0218 e. The summed E-state index contributed by atoms with van der Waals surface area (Å²) in [7, 11) is 2.04. The van der Waals surface area contributed by atoms with Crippen molar-refractivity contribution >= 4 is 0 Å². The van der Waals surface area contributed by atoms with E-state index >= 15 is 0 Å². The normalized spacial score (nSPS) is 10.6. The number of hydrogen-bond acceptors (Lipinski definition) is 2. The molecule has 0 unspecified atom stereocenters. The van der Waals surface area contributed by atoms with Crippen molar-refractivity contribution < 1.29 is 0 Å². The summed E-state index contributed by atoms with van der Waals surface area (Å²) in [6.45, 7) is 17.6. The van der Waals surface area contributed by atoms with E-state index in [1.807, 2.05) is 47.9 Å². The summed E-state index contributed by atoms with van der Waals surface area (Å²) in [5.74, 6) is 0. The predicted molar refractivity (Wildman–Crippen MR) is 72.7 cm³/mol. The molecule has 0 bridgehead atoms. The van der Waals surface area contributed by atoms with E-state index in [-0.39, 0.29) is 0 Å². The Kier molecular flexibility index (Phi) is 15.1. The van der Waals surface area contributed by atoms with Crippen molar-refractivity contribution in [3.63, 3.8) is 0 Å². The minimum atomic E-state index is 0.334. The van der Waals surface area contributed by atoms with Crippen LogP contribution in [0.25, 0.3) is 0 Å². The van der Waals surface area contributed by atoms with Crippen LogP contribution in [0, 0.1) is 5.41 Å². The third-order valence-corrected chi connectivity index (χ3v) is 1.15. The van der Waals surface area contributed by atoms with Crippen LogP contribution >= 0.6 is 0 Å². The molecule has 0 atom stereocenters. The zero-order chi connectivity index (χ0) is 13.1. The first-order chi connectivity index (χ1) is 6.81. The van der Waals surface area contributed by atoms with Gasteiger partial charge in [-0.25, -0.2) is 0 Å². The molecule has 0 aliphatic heterocycles. The fourth-order valence-corrected chi connectivity index (χ4v) is 1.14. The third-order valence-electron chi connectivity index (χ3n) is 1.15. The lowest BCUT2D eigenvalue weighted by atomic mass is 9.96. The summed E-state index contributed by atoms with van der Waals surface area (Å²) in [4.78, 5) is 2.12. The Balaban J connectivity index is -0.000000318. The monoisotopic (exact) mass is 216 g/mol. The van der Waals surface area contributed by atoms with Gasteiger partial charge in [0.15, 0.2) is 0 Å². The van der Waals surface area contributed by atoms with Crippen LogP contribution in [0.1, 0.15) is 55.4 Å². The Morgan fingerprint density at radius 1 is 1.13 bits per heavy atom. The first-order valence-electron chi connectivity index (χ1n) is 5.95. The number of nitrogens with zero attached hydrogens (tertiary/aromatic N) is 1. The van der Waals surface area contributed by atoms with Crippen LogP contribution in [0.15, 0.2) is 11.9 Å². The van der Waals surface area contributed by atoms with Crippen molar-refractivity contribution in [2.45, 2.75) is 55.4 Å². The summed E-state index contributed by atoms with van der Waals surface area (Å²) in [5.41, 5.74) is 6.72. The lowest BCUT2D eigenvalue weighted by molar-refractivity contribution is 0.284. The lowest BCUT2D eigenvalue weighted by Gasteiger charge is -2.25. The predicted octanol–water partition coefficient (Wildman–Crippen LogP) is 3.84. The molecule has 0 rings (SSSR count). The molecule has 0 saturated heterocycles. The molecule has 2 N–H and O–H groups in total. The van der Waals surface area contributed by atoms with Gasteiger partial charge in [-0.2, -0.15) is 0 Å². The Hall–Kier alpha value is -0.660. The standard InChI is InChI=1S/C9H20N2.2C2H6/c1-8(10)6-11(5)7-9(2,3)4;2*1-2/h6H,7,10H2,1-5H3;2*1-2H3/b8-6-;;. The van der Waals surface area contributed by atoms with E-state index in [0.717, 1.165) is 12.2 Å². The topological polar surface area (TPSA) is 29.3 Å². The summed E-state index contributed by atoms with van der Waals surface area (Å²) in [6.07, 6.45) is 1.96. The molecule has 2 heteroatoms. The Bertz CT molecular complexity index is 139. The van der Waals surface area contributed by atoms with Crippen molar-refractivity contribution in [2.75, 3.05) is 13.6 Å². The molecule has 0 amide bonds. The van der Waals surface area contributed by atoms with E-state index in [2.05, 4.69) is 25.7 Å². The third kappa shape index (κ3) is 24.7. The van der Waals surface area contributed by atoms with Gasteiger partial charge in [0.05, 0.1) is 0 Å². The maximum atomic E-state index is 5.53. The molecule has 0 fully saturated rings. The average molecular weight is 216 g/mol. The Morgan fingerprint density at radius 3 is 1.67 bits per heavy atom. The maximum Gasteiger partial charge on any atom is 0.0218 e. The molecule has 0 aromatic carbocycles. The average Bonchev–Trinajstić information content (AvgIpc) is 2.06. The van der Waals surface area contributed by atoms with Crippen molar-refractivity contribution in [1.82, 2.24) is 4.90 Å². The fraction of sp³-hybridized carbons (Fsp3) is 0.846. The fourth-order valence-electron chi connectivity index (χ4n) is 1.14. The van der Waals surface area contributed by atoms with Gasteiger partial charge in [0.1, 0.15) is 0 Å². The minimum Gasteiger partial charge on any atom is -0.401 e. The molecule has 94 valence electrons. The van der Waals surface area contributed by atoms with Gasteiger partial charge in [-0.1, -0.05) is 48.5 Å². The molecule has 0 saturated carbocycles. The van der Waals surface area contributed by atoms with Gasteiger partial charge in [-0.3, -0.25) is 0 Å². The van der Waals surface area contributed by atoms with Crippen molar-refractivity contribution in [3.8, 4) is 0 Å². The van der Waals surface area contributed by atoms with Gasteiger partial charge in [0.25, 0.3) is 0 Å². The molecule has 2 nitrogen and oxygen atoms in total. The molecule has 0 aliphatic carbocycles. The molecule has 0 aromatic rings. The highest BCUT2D eigenvalue weighted by Gasteiger charge is 2.11. The van der Waals surface area contributed by atoms with Gasteiger partial charge in [0.2, 0.25) is 0 Å². The molecule has 15 heavy (non-hydrogen) atoms. The van der Waals surface area contributed by atoms with E-state index in [1.165, 1.54) is 0 Å². The first-order valence-corrected chi connectivity index (χ1v) is 5.95. The molecule has 0 spiro atoms. The molecule has 0 radical (unpaired) electrons. The van der Waals surface area contributed by atoms with Gasteiger partial charge < -0.3 is 10.6 Å². The molecule has 0 aliphatic rings. The van der Waals surface area contributed by atoms with Crippen LogP contribution in [0.3, 0.4) is 0 Å². The Morgan fingerprint density at radius 2 is 1.47 bits per heavy atom. The van der Waals surface area contributed by atoms with Crippen LogP contribution in [0.4, 0.5) is 0 Å². The number of allylic oxidation sites excluding steroid dienone is 1. The summed E-state index contributed by atoms with van der Waals surface area (Å²) in [5, 5.41) is 0. The number of hydrogen-bond donors (Lipinski definition) is 1. The maximum absolute atomic E-state index is 5.53. The summed E-state index contributed by atoms with van der Waals surface area (Å²) in [6, 6.07) is 0. The number of rotatable bonds is 2. The zero-order valence-corrected chi connectivity index (χ0v) is 12.3. The van der Waals surface area contributed by atoms with E-state index < -0.39 is 0 Å². The van der Waals surface area contributed by atoms with E-state index in [4.69, 9.17) is 5.73 Å². The van der Waals surface area contributed by atoms with Gasteiger partial charge in [-0.15, -0.1) is 0 Å². The van der Waals surface area contributed by atoms with Crippen molar-refractivity contribution in [1.29, 1.82) is 0 Å². The lowest BCUT2D eigenvalue weighted by Crippen LogP contribution is -2.25. The first kappa shape index (κ1) is 19.8. The molecule has 0 heterocycles. The van der Waals surface area contributed by atoms with Crippen LogP contribution in [-0.4, -0.2) is 18.5 Å². The number of nitrogens with two attached hydrogens (primary N) is 1. The minimum absolute atomic E-state index is 0.334. The SMILES string of the molecule is C/C(N)=C/N(C)CC(C)(C)C.CC.CC. The highest BCUT2D eigenvalue weighted by atomic mass is 15.1. The quantitative estimate of drug-likeness (QED) is 0.760. The molecular formula is C13H32N2. The second-order valence-corrected chi connectivity index (χ2v) is 4.35. The second-order valence-electron chi connectivity index (χ2n) is 4.35. The van der Waals surface area contributed by atoms with Crippen molar-refractivity contribution in [2.24, 2.45) is 11.1 Å². The van der Waals surface area contributed by atoms with Crippen molar-refractivity contribution in [3.05, 3.63) is 11.9 Å². The Labute approximate surface area is 97.5 Å². The van der Waals surface area contributed by atoms with Crippen LogP contribution in [0.2, 0.25) is 0 Å². The van der Waals surface area contributed by atoms with E-state index in [1.54, 1.807) is 0 Å². The van der Waals surface area contributed by atoms with Crippen LogP contribution < -0.4 is 5.73 Å². The van der Waals surface area contributed by atoms with Gasteiger partial charge >= 0.3 is 0 Å². The summed E-state index contributed by atoms with van der Waals surface area (Å²) >= 11 is 0. The second kappa shape index (κ2) is 11.4. The molecular weight excluding hydrogens is 184 g/mol. The van der Waals surface area contributed by atoms with Crippen LogP contribution in [0.5, 0.6) is 0 Å². The highest BCUT2D eigenvalue weighted by Crippen LogP contribution is 2.14. The zero-order valence-electron chi connectivity index (χ0n) is 12.3. The van der Waals surface area contributed by atoms with Gasteiger partial charge in [0, 0.05) is 25.5 Å². The largest absolute Gasteiger partial charge is 0.401 e. The summed E-state index contributed by atoms with van der Waals surface area (Å²) < 4.78 is 0. The molecule has 0 aromatic heterocycles. The van der Waals surface area contributed by atoms with E-state index in [0.29, 0.717) is 5.41 Å².